The minimum atomic E-state index is 0.673. The Morgan fingerprint density at radius 3 is 2.53 bits per heavy atom. The largest absolute Gasteiger partial charge is 0.346 e. The third-order valence-electron chi connectivity index (χ3n) is 5.30. The van der Waals surface area contributed by atoms with E-state index in [4.69, 9.17) is 23.8 Å². The van der Waals surface area contributed by atoms with E-state index in [-0.39, 0.29) is 0 Å². The van der Waals surface area contributed by atoms with Crippen molar-refractivity contribution >= 4 is 34.6 Å². The number of aryl methyl sites for hydroxylation is 1. The van der Waals surface area contributed by atoms with Gasteiger partial charge in [0.05, 0.1) is 18.4 Å². The summed E-state index contributed by atoms with van der Waals surface area (Å²) in [6.07, 6.45) is 3.78. The first-order valence-corrected chi connectivity index (χ1v) is 10.9. The third kappa shape index (κ3) is 5.59. The van der Waals surface area contributed by atoms with Crippen LogP contribution in [0.25, 0.3) is 0 Å². The summed E-state index contributed by atoms with van der Waals surface area (Å²) in [5.74, 6) is 0. The van der Waals surface area contributed by atoms with Crippen molar-refractivity contribution in [3.05, 3.63) is 82.6 Å². The summed E-state index contributed by atoms with van der Waals surface area (Å²) >= 11 is 11.7. The van der Waals surface area contributed by atoms with Gasteiger partial charge in [0.15, 0.2) is 5.11 Å². The number of hydrogen-bond donors (Lipinski definition) is 1. The topological polar surface area (TPSA) is 36.3 Å². The lowest BCUT2D eigenvalue weighted by molar-refractivity contribution is 0.177. The van der Waals surface area contributed by atoms with E-state index in [1.807, 2.05) is 41.3 Å². The van der Waals surface area contributed by atoms with Gasteiger partial charge in [-0.2, -0.15) is 5.10 Å². The van der Waals surface area contributed by atoms with E-state index in [9.17, 15) is 0 Å². The fraction of sp³-hybridized carbons (Fsp3) is 0.304. The lowest BCUT2D eigenvalue weighted by atomic mass is 10.1. The van der Waals surface area contributed by atoms with Gasteiger partial charge in [-0.1, -0.05) is 53.6 Å². The quantitative estimate of drug-likeness (QED) is 0.596. The molecule has 2 aromatic carbocycles. The molecular weight excluding hydrogens is 414 g/mol. The van der Waals surface area contributed by atoms with Crippen LogP contribution in [0.4, 0.5) is 5.69 Å². The standard InChI is InChI=1S/C23H26ClN5S/c1-18-5-7-19(8-6-18)15-27-9-11-28(12-10-27)23(30)26-22-14-25-29(17-22)16-20-3-2-4-21(24)13-20/h2-8,13-14,17H,9-12,15-16H2,1H3,(H,26,30). The fourth-order valence-corrected chi connectivity index (χ4v) is 4.11. The van der Waals surface area contributed by atoms with Crippen molar-refractivity contribution in [1.29, 1.82) is 0 Å². The molecule has 0 bridgehead atoms. The van der Waals surface area contributed by atoms with Crippen LogP contribution in [0.2, 0.25) is 5.02 Å². The molecule has 156 valence electrons. The molecular formula is C23H26ClN5S. The van der Waals surface area contributed by atoms with Gasteiger partial charge >= 0.3 is 0 Å². The maximum absolute atomic E-state index is 6.06. The highest BCUT2D eigenvalue weighted by molar-refractivity contribution is 7.80. The molecule has 4 rings (SSSR count). The molecule has 0 saturated carbocycles. The van der Waals surface area contributed by atoms with Crippen LogP contribution in [0.5, 0.6) is 0 Å². The highest BCUT2D eigenvalue weighted by Gasteiger charge is 2.19. The highest BCUT2D eigenvalue weighted by atomic mass is 35.5. The Labute approximate surface area is 188 Å². The zero-order valence-corrected chi connectivity index (χ0v) is 18.7. The predicted molar refractivity (Wildman–Crippen MR) is 127 cm³/mol. The van der Waals surface area contributed by atoms with Gasteiger partial charge in [-0.25, -0.2) is 0 Å². The predicted octanol–water partition coefficient (Wildman–Crippen LogP) is 4.41. The average Bonchev–Trinajstić information content (AvgIpc) is 3.17. The minimum absolute atomic E-state index is 0.673. The van der Waals surface area contributed by atoms with Gasteiger partial charge in [-0.15, -0.1) is 0 Å². The molecule has 1 fully saturated rings. The number of nitrogens with one attached hydrogen (secondary N) is 1. The lowest BCUT2D eigenvalue weighted by Crippen LogP contribution is -2.49. The fourth-order valence-electron chi connectivity index (χ4n) is 3.60. The van der Waals surface area contributed by atoms with Crippen molar-refractivity contribution in [2.24, 2.45) is 0 Å². The number of anilines is 1. The smallest absolute Gasteiger partial charge is 0.173 e. The summed E-state index contributed by atoms with van der Waals surface area (Å²) in [4.78, 5) is 4.71. The molecule has 1 aliphatic rings. The number of nitrogens with zero attached hydrogens (tertiary/aromatic N) is 4. The maximum Gasteiger partial charge on any atom is 0.173 e. The normalized spacial score (nSPS) is 14.7. The van der Waals surface area contributed by atoms with Gasteiger partial charge < -0.3 is 10.2 Å². The van der Waals surface area contributed by atoms with Crippen molar-refractivity contribution in [3.63, 3.8) is 0 Å². The Kier molecular flexibility index (Phi) is 6.67. The zero-order valence-electron chi connectivity index (χ0n) is 17.1. The van der Waals surface area contributed by atoms with Crippen molar-refractivity contribution in [2.45, 2.75) is 20.0 Å². The summed E-state index contributed by atoms with van der Waals surface area (Å²) < 4.78 is 1.89. The average molecular weight is 440 g/mol. The van der Waals surface area contributed by atoms with Gasteiger partial charge in [0.1, 0.15) is 0 Å². The van der Waals surface area contributed by atoms with Gasteiger partial charge in [-0.05, 0) is 42.4 Å². The number of hydrogen-bond acceptors (Lipinski definition) is 3. The van der Waals surface area contributed by atoms with E-state index in [0.717, 1.165) is 54.1 Å². The minimum Gasteiger partial charge on any atom is -0.346 e. The second-order valence-corrected chi connectivity index (χ2v) is 8.56. The highest BCUT2D eigenvalue weighted by Crippen LogP contribution is 2.15. The van der Waals surface area contributed by atoms with E-state index in [2.05, 4.69) is 51.4 Å². The first kappa shape index (κ1) is 20.8. The van der Waals surface area contributed by atoms with Crippen LogP contribution in [0.15, 0.2) is 60.9 Å². The number of rotatable bonds is 5. The van der Waals surface area contributed by atoms with Crippen LogP contribution >= 0.6 is 23.8 Å². The summed E-state index contributed by atoms with van der Waals surface area (Å²) in [6.45, 7) is 7.64. The maximum atomic E-state index is 6.06. The molecule has 3 aromatic rings. The number of piperazine rings is 1. The molecule has 1 saturated heterocycles. The third-order valence-corrected chi connectivity index (χ3v) is 5.90. The summed E-state index contributed by atoms with van der Waals surface area (Å²) in [6, 6.07) is 16.6. The molecule has 0 atom stereocenters. The second-order valence-electron chi connectivity index (χ2n) is 7.74. The number of thiocarbonyl (C=S) groups is 1. The Morgan fingerprint density at radius 1 is 1.03 bits per heavy atom. The van der Waals surface area contributed by atoms with Crippen molar-refractivity contribution < 1.29 is 0 Å². The molecule has 30 heavy (non-hydrogen) atoms. The first-order chi connectivity index (χ1) is 14.5. The Bertz CT molecular complexity index is 993. The molecule has 0 amide bonds. The monoisotopic (exact) mass is 439 g/mol. The van der Waals surface area contributed by atoms with Gasteiger partial charge in [0, 0.05) is 43.9 Å². The Hall–Kier alpha value is -2.41. The molecule has 1 aromatic heterocycles. The van der Waals surface area contributed by atoms with Crippen LogP contribution in [-0.4, -0.2) is 50.9 Å². The van der Waals surface area contributed by atoms with Crippen molar-refractivity contribution in [1.82, 2.24) is 19.6 Å². The van der Waals surface area contributed by atoms with Crippen LogP contribution < -0.4 is 5.32 Å². The number of benzene rings is 2. The summed E-state index contributed by atoms with van der Waals surface area (Å²) in [7, 11) is 0. The SMILES string of the molecule is Cc1ccc(CN2CCN(C(=S)Nc3cnn(Cc4cccc(Cl)c4)c3)CC2)cc1. The molecule has 2 heterocycles. The molecule has 1 N–H and O–H groups in total. The van der Waals surface area contributed by atoms with Crippen LogP contribution in [0.3, 0.4) is 0 Å². The van der Waals surface area contributed by atoms with Gasteiger partial charge in [0.25, 0.3) is 0 Å². The summed E-state index contributed by atoms with van der Waals surface area (Å²) in [5, 5.41) is 9.25. The molecule has 1 aliphatic heterocycles. The summed E-state index contributed by atoms with van der Waals surface area (Å²) in [5.41, 5.74) is 4.69. The van der Waals surface area contributed by atoms with Gasteiger partial charge in [-0.3, -0.25) is 9.58 Å². The molecule has 0 radical (unpaired) electrons. The van der Waals surface area contributed by atoms with E-state index in [1.54, 1.807) is 0 Å². The lowest BCUT2D eigenvalue weighted by Gasteiger charge is -2.36. The van der Waals surface area contributed by atoms with Crippen LogP contribution in [-0.2, 0) is 13.1 Å². The van der Waals surface area contributed by atoms with E-state index in [1.165, 1.54) is 11.1 Å². The Balaban J connectivity index is 1.26. The van der Waals surface area contributed by atoms with E-state index in [0.29, 0.717) is 6.54 Å². The van der Waals surface area contributed by atoms with Gasteiger partial charge in [0.2, 0.25) is 0 Å². The van der Waals surface area contributed by atoms with Crippen LogP contribution in [0.1, 0.15) is 16.7 Å². The molecule has 0 unspecified atom stereocenters. The Morgan fingerprint density at radius 2 is 1.80 bits per heavy atom. The van der Waals surface area contributed by atoms with E-state index < -0.39 is 0 Å². The zero-order chi connectivity index (χ0) is 20.9. The van der Waals surface area contributed by atoms with Crippen LogP contribution in [0, 0.1) is 6.92 Å². The number of halogens is 1. The molecule has 5 nitrogen and oxygen atoms in total. The number of aromatic nitrogens is 2. The molecule has 7 heteroatoms. The molecule has 0 aliphatic carbocycles. The second kappa shape index (κ2) is 9.60. The first-order valence-electron chi connectivity index (χ1n) is 10.2. The van der Waals surface area contributed by atoms with Crippen molar-refractivity contribution in [3.8, 4) is 0 Å². The molecule has 0 spiro atoms. The van der Waals surface area contributed by atoms with Crippen molar-refractivity contribution in [2.75, 3.05) is 31.5 Å². The van der Waals surface area contributed by atoms with E-state index >= 15 is 0 Å².